The van der Waals surface area contributed by atoms with Crippen molar-refractivity contribution in [1.29, 1.82) is 0 Å². The van der Waals surface area contributed by atoms with Crippen molar-refractivity contribution in [3.8, 4) is 5.82 Å². The molecule has 11 nitrogen and oxygen atoms in total. The van der Waals surface area contributed by atoms with E-state index in [-0.39, 0.29) is 38.6 Å². The number of pyridine rings is 2. The number of ether oxygens (including phenoxy) is 1. The molecule has 0 bridgehead atoms. The highest BCUT2D eigenvalue weighted by Gasteiger charge is 2.23. The summed E-state index contributed by atoms with van der Waals surface area (Å²) in [6.07, 6.45) is 0.615. The zero-order chi connectivity index (χ0) is 23.4. The SMILES string of the molecule is COC(=O)NNC(=O)c1cc(Cl)nc(C)c1NC(=O)c1cc(Br)nn1-c1ncccc1Cl. The second kappa shape index (κ2) is 9.94. The zero-order valence-corrected chi connectivity index (χ0v) is 19.5. The molecule has 3 heterocycles. The van der Waals surface area contributed by atoms with Gasteiger partial charge in [-0.3, -0.25) is 15.0 Å². The molecule has 0 saturated heterocycles. The van der Waals surface area contributed by atoms with Gasteiger partial charge in [0.2, 0.25) is 0 Å². The Kier molecular flexibility index (Phi) is 7.28. The van der Waals surface area contributed by atoms with Crippen LogP contribution in [0.15, 0.2) is 35.1 Å². The summed E-state index contributed by atoms with van der Waals surface area (Å²) in [5, 5.41) is 7.12. The quantitative estimate of drug-likeness (QED) is 0.339. The van der Waals surface area contributed by atoms with Gasteiger partial charge in [0.15, 0.2) is 5.82 Å². The second-order valence-corrected chi connectivity index (χ2v) is 7.66. The lowest BCUT2D eigenvalue weighted by Crippen LogP contribution is -2.42. The van der Waals surface area contributed by atoms with Gasteiger partial charge in [0, 0.05) is 12.3 Å². The first kappa shape index (κ1) is 23.4. The number of rotatable bonds is 4. The highest BCUT2D eigenvalue weighted by atomic mass is 79.9. The molecule has 32 heavy (non-hydrogen) atoms. The third-order valence-corrected chi connectivity index (χ3v) is 4.84. The highest BCUT2D eigenvalue weighted by molar-refractivity contribution is 9.10. The summed E-state index contributed by atoms with van der Waals surface area (Å²) in [5.41, 5.74) is 4.55. The molecule has 0 fully saturated rings. The Balaban J connectivity index is 1.96. The third kappa shape index (κ3) is 5.15. The van der Waals surface area contributed by atoms with Crippen LogP contribution in [0, 0.1) is 6.92 Å². The van der Waals surface area contributed by atoms with Crippen molar-refractivity contribution >= 4 is 62.7 Å². The predicted molar refractivity (Wildman–Crippen MR) is 119 cm³/mol. The van der Waals surface area contributed by atoms with Crippen molar-refractivity contribution in [1.82, 2.24) is 30.6 Å². The van der Waals surface area contributed by atoms with E-state index in [4.69, 9.17) is 23.2 Å². The maximum absolute atomic E-state index is 13.1. The standard InChI is InChI=1S/C18H14BrCl2N7O4/c1-8-14(9(6-13(21)23-8)16(29)25-26-18(31)32-2)24-17(30)11-7-12(19)27-28(11)15-10(20)4-3-5-22-15/h3-7H,1-2H3,(H,24,30)(H,25,29)(H,26,31). The fourth-order valence-corrected chi connectivity index (χ4v) is 3.40. The van der Waals surface area contributed by atoms with Gasteiger partial charge in [-0.1, -0.05) is 23.2 Å². The van der Waals surface area contributed by atoms with Crippen LogP contribution < -0.4 is 16.2 Å². The van der Waals surface area contributed by atoms with E-state index < -0.39 is 17.9 Å². The molecule has 0 spiro atoms. The van der Waals surface area contributed by atoms with E-state index >= 15 is 0 Å². The smallest absolute Gasteiger partial charge is 0.425 e. The minimum atomic E-state index is -0.887. The number of aromatic nitrogens is 4. The molecule has 3 rings (SSSR count). The third-order valence-electron chi connectivity index (χ3n) is 3.97. The summed E-state index contributed by atoms with van der Waals surface area (Å²) < 4.78 is 6.01. The molecule has 0 saturated carbocycles. The van der Waals surface area contributed by atoms with Gasteiger partial charge in [-0.05, 0) is 41.1 Å². The molecule has 0 aromatic carbocycles. The molecule has 0 aliphatic carbocycles. The molecule has 0 unspecified atom stereocenters. The Morgan fingerprint density at radius 2 is 1.91 bits per heavy atom. The van der Waals surface area contributed by atoms with Crippen LogP contribution in [0.5, 0.6) is 0 Å². The summed E-state index contributed by atoms with van der Waals surface area (Å²) in [5.74, 6) is -1.16. The van der Waals surface area contributed by atoms with Gasteiger partial charge in [-0.25, -0.2) is 24.9 Å². The van der Waals surface area contributed by atoms with E-state index in [1.54, 1.807) is 19.1 Å². The number of carbonyl (C=O) groups is 3. The number of carbonyl (C=O) groups excluding carboxylic acids is 3. The minimum absolute atomic E-state index is 0.0109. The average Bonchev–Trinajstić information content (AvgIpc) is 3.15. The number of nitrogens with zero attached hydrogens (tertiary/aromatic N) is 4. The first-order valence-corrected chi connectivity index (χ1v) is 10.3. The Bertz CT molecular complexity index is 1220. The molecule has 14 heteroatoms. The van der Waals surface area contributed by atoms with Crippen molar-refractivity contribution in [3.05, 3.63) is 62.2 Å². The number of anilines is 1. The summed E-state index contributed by atoms with van der Waals surface area (Å²) in [4.78, 5) is 45.2. The van der Waals surface area contributed by atoms with Gasteiger partial charge in [0.25, 0.3) is 11.8 Å². The Hall–Kier alpha value is -3.22. The molecule has 3 amide bonds. The second-order valence-electron chi connectivity index (χ2n) is 6.05. The van der Waals surface area contributed by atoms with Gasteiger partial charge in [-0.2, -0.15) is 5.10 Å². The van der Waals surface area contributed by atoms with Gasteiger partial charge in [0.1, 0.15) is 15.5 Å². The fourth-order valence-electron chi connectivity index (χ4n) is 2.58. The van der Waals surface area contributed by atoms with Crippen LogP contribution in [0.1, 0.15) is 26.5 Å². The number of hydrogen-bond donors (Lipinski definition) is 3. The van der Waals surface area contributed by atoms with Crippen LogP contribution in [-0.2, 0) is 4.74 Å². The van der Waals surface area contributed by atoms with Crippen molar-refractivity contribution < 1.29 is 19.1 Å². The van der Waals surface area contributed by atoms with Crippen LogP contribution in [-0.4, -0.2) is 44.8 Å². The molecule has 3 N–H and O–H groups in total. The van der Waals surface area contributed by atoms with Gasteiger partial charge in [0.05, 0.1) is 29.1 Å². The maximum atomic E-state index is 13.1. The Labute approximate surface area is 199 Å². The summed E-state index contributed by atoms with van der Waals surface area (Å²) in [7, 11) is 1.13. The number of aryl methyl sites for hydroxylation is 1. The van der Waals surface area contributed by atoms with Crippen LogP contribution in [0.25, 0.3) is 5.82 Å². The van der Waals surface area contributed by atoms with Crippen LogP contribution >= 0.6 is 39.1 Å². The highest BCUT2D eigenvalue weighted by Crippen LogP contribution is 2.25. The van der Waals surface area contributed by atoms with Gasteiger partial charge in [-0.15, -0.1) is 0 Å². The molecular weight excluding hydrogens is 529 g/mol. The Morgan fingerprint density at radius 1 is 1.16 bits per heavy atom. The van der Waals surface area contributed by atoms with E-state index in [0.29, 0.717) is 4.60 Å². The molecule has 0 aliphatic heterocycles. The lowest BCUT2D eigenvalue weighted by atomic mass is 10.1. The maximum Gasteiger partial charge on any atom is 0.425 e. The predicted octanol–water partition coefficient (Wildman–Crippen LogP) is 3.29. The van der Waals surface area contributed by atoms with Crippen LogP contribution in [0.2, 0.25) is 10.2 Å². The van der Waals surface area contributed by atoms with Crippen LogP contribution in [0.3, 0.4) is 0 Å². The van der Waals surface area contributed by atoms with E-state index in [2.05, 4.69) is 46.5 Å². The van der Waals surface area contributed by atoms with Crippen LogP contribution in [0.4, 0.5) is 10.5 Å². The lowest BCUT2D eigenvalue weighted by Gasteiger charge is -2.15. The molecule has 3 aromatic rings. The monoisotopic (exact) mass is 541 g/mol. The fraction of sp³-hybridized carbons (Fsp3) is 0.111. The average molecular weight is 543 g/mol. The summed E-state index contributed by atoms with van der Waals surface area (Å²) in [6, 6.07) is 5.93. The number of hydrogen-bond acceptors (Lipinski definition) is 7. The van der Waals surface area contributed by atoms with Crippen molar-refractivity contribution in [2.75, 3.05) is 12.4 Å². The Morgan fingerprint density at radius 3 is 2.59 bits per heavy atom. The first-order chi connectivity index (χ1) is 15.2. The molecule has 0 atom stereocenters. The van der Waals surface area contributed by atoms with Crippen molar-refractivity contribution in [2.45, 2.75) is 6.92 Å². The number of nitrogens with one attached hydrogen (secondary N) is 3. The molecule has 0 radical (unpaired) electrons. The lowest BCUT2D eigenvalue weighted by molar-refractivity contribution is 0.0921. The van der Waals surface area contributed by atoms with E-state index in [0.717, 1.165) is 7.11 Å². The number of hydrazine groups is 1. The van der Waals surface area contributed by atoms with Gasteiger partial charge >= 0.3 is 6.09 Å². The molecular formula is C18H14BrCl2N7O4. The molecule has 3 aromatic heterocycles. The van der Waals surface area contributed by atoms with Crippen molar-refractivity contribution in [2.24, 2.45) is 0 Å². The number of methoxy groups -OCH3 is 1. The number of halogens is 3. The van der Waals surface area contributed by atoms with Crippen molar-refractivity contribution in [3.63, 3.8) is 0 Å². The minimum Gasteiger partial charge on any atom is -0.452 e. The molecule has 0 aliphatic rings. The summed E-state index contributed by atoms with van der Waals surface area (Å²) >= 11 is 15.4. The van der Waals surface area contributed by atoms with E-state index in [1.807, 2.05) is 5.43 Å². The van der Waals surface area contributed by atoms with E-state index in [1.165, 1.54) is 23.0 Å². The summed E-state index contributed by atoms with van der Waals surface area (Å²) in [6.45, 7) is 1.55. The topological polar surface area (TPSA) is 140 Å². The zero-order valence-electron chi connectivity index (χ0n) is 16.4. The number of amides is 3. The first-order valence-electron chi connectivity index (χ1n) is 8.70. The van der Waals surface area contributed by atoms with E-state index in [9.17, 15) is 14.4 Å². The van der Waals surface area contributed by atoms with Gasteiger partial charge < -0.3 is 10.1 Å². The largest absolute Gasteiger partial charge is 0.452 e. The normalized spacial score (nSPS) is 10.4. The molecule has 166 valence electrons.